The Balaban J connectivity index is 1.55. The minimum atomic E-state index is -0.629. The zero-order valence-corrected chi connectivity index (χ0v) is 20.4. The standard InChI is InChI=1S/C24H30FN5O3S/c1-16(2)22-23(32)28(11-10-19-5-4-12-34-19)14-20-29(22)21(31)15-27(3)30(20)24(33)26-13-17-6-8-18(25)9-7-17/h4-9,12,16,20,22H,10-11,13-15H2,1-3H3,(H,26,33)/t20-,22-/m0/s1. The van der Waals surface area contributed by atoms with E-state index in [1.807, 2.05) is 31.4 Å². The minimum Gasteiger partial charge on any atom is -0.337 e. The third-order valence-electron chi connectivity index (χ3n) is 6.28. The SMILES string of the molecule is CC(C)[C@H]1C(=O)N(CCc2cccs2)C[C@H]2N1C(=O)CN(C)N2C(=O)NCc1ccc(F)cc1. The van der Waals surface area contributed by atoms with Gasteiger partial charge in [0.15, 0.2) is 0 Å². The number of benzene rings is 1. The summed E-state index contributed by atoms with van der Waals surface area (Å²) in [5.41, 5.74) is 0.763. The van der Waals surface area contributed by atoms with Crippen molar-refractivity contribution in [3.05, 3.63) is 58.0 Å². The van der Waals surface area contributed by atoms with Crippen molar-refractivity contribution in [1.82, 2.24) is 25.1 Å². The van der Waals surface area contributed by atoms with Crippen LogP contribution in [-0.4, -0.2) is 76.6 Å². The number of nitrogens with one attached hydrogen (secondary N) is 1. The highest BCUT2D eigenvalue weighted by molar-refractivity contribution is 7.09. The Morgan fingerprint density at radius 3 is 2.59 bits per heavy atom. The van der Waals surface area contributed by atoms with Crippen molar-refractivity contribution >= 4 is 29.2 Å². The maximum atomic E-state index is 13.4. The van der Waals surface area contributed by atoms with Crippen molar-refractivity contribution < 1.29 is 18.8 Å². The number of carbonyl (C=O) groups excluding carboxylic acids is 3. The van der Waals surface area contributed by atoms with Crippen LogP contribution < -0.4 is 5.32 Å². The summed E-state index contributed by atoms with van der Waals surface area (Å²) >= 11 is 1.65. The van der Waals surface area contributed by atoms with Crippen LogP contribution in [0.15, 0.2) is 41.8 Å². The normalized spacial score (nSPS) is 21.3. The van der Waals surface area contributed by atoms with Gasteiger partial charge in [0.25, 0.3) is 0 Å². The molecule has 2 aliphatic heterocycles. The fourth-order valence-corrected chi connectivity index (χ4v) is 5.32. The van der Waals surface area contributed by atoms with Gasteiger partial charge in [-0.15, -0.1) is 11.3 Å². The number of likely N-dealkylation sites (N-methyl/N-ethyl adjacent to an activating group) is 1. The van der Waals surface area contributed by atoms with E-state index in [2.05, 4.69) is 5.32 Å². The second-order valence-electron chi connectivity index (χ2n) is 9.03. The minimum absolute atomic E-state index is 0.00611. The number of fused-ring (bicyclic) bond motifs is 1. The van der Waals surface area contributed by atoms with Gasteiger partial charge >= 0.3 is 6.03 Å². The first-order chi connectivity index (χ1) is 16.3. The second kappa shape index (κ2) is 10.1. The molecule has 0 aliphatic carbocycles. The smallest absolute Gasteiger partial charge is 0.334 e. The first-order valence-electron chi connectivity index (χ1n) is 11.4. The van der Waals surface area contributed by atoms with Gasteiger partial charge in [0, 0.05) is 25.0 Å². The molecule has 4 amide bonds. The van der Waals surface area contributed by atoms with Gasteiger partial charge in [0.2, 0.25) is 11.8 Å². The van der Waals surface area contributed by atoms with Gasteiger partial charge in [-0.2, -0.15) is 0 Å². The van der Waals surface area contributed by atoms with Crippen molar-refractivity contribution in [2.75, 3.05) is 26.7 Å². The lowest BCUT2D eigenvalue weighted by molar-refractivity contribution is -0.189. The average molecular weight is 488 g/mol. The molecule has 182 valence electrons. The van der Waals surface area contributed by atoms with Crippen LogP contribution in [0.25, 0.3) is 0 Å². The molecule has 0 spiro atoms. The Morgan fingerprint density at radius 1 is 1.21 bits per heavy atom. The molecule has 0 unspecified atom stereocenters. The molecule has 2 saturated heterocycles. The summed E-state index contributed by atoms with van der Waals surface area (Å²) < 4.78 is 13.2. The maximum Gasteiger partial charge on any atom is 0.334 e. The molecule has 2 atom stereocenters. The third kappa shape index (κ3) is 4.92. The number of urea groups is 1. The number of nitrogens with zero attached hydrogens (tertiary/aromatic N) is 4. The number of rotatable bonds is 6. The number of hydrogen-bond donors (Lipinski definition) is 1. The number of hydrogen-bond acceptors (Lipinski definition) is 5. The molecule has 8 nitrogen and oxygen atoms in total. The Kier molecular flexibility index (Phi) is 7.18. The number of piperazine rings is 1. The molecule has 34 heavy (non-hydrogen) atoms. The summed E-state index contributed by atoms with van der Waals surface area (Å²) in [5.74, 6) is -0.683. The van der Waals surface area contributed by atoms with Crippen LogP contribution in [0.3, 0.4) is 0 Å². The molecule has 0 radical (unpaired) electrons. The third-order valence-corrected chi connectivity index (χ3v) is 7.21. The fourth-order valence-electron chi connectivity index (χ4n) is 4.62. The predicted octanol–water partition coefficient (Wildman–Crippen LogP) is 2.52. The molecule has 1 N–H and O–H groups in total. The van der Waals surface area contributed by atoms with Gasteiger partial charge in [-0.05, 0) is 41.5 Å². The van der Waals surface area contributed by atoms with E-state index in [0.29, 0.717) is 6.54 Å². The first-order valence-corrected chi connectivity index (χ1v) is 12.3. The van der Waals surface area contributed by atoms with Crippen LogP contribution in [-0.2, 0) is 22.6 Å². The van der Waals surface area contributed by atoms with Crippen LogP contribution in [0.2, 0.25) is 0 Å². The summed E-state index contributed by atoms with van der Waals surface area (Å²) in [6.45, 7) is 4.84. The molecular formula is C24H30FN5O3S. The van der Waals surface area contributed by atoms with E-state index in [1.165, 1.54) is 22.0 Å². The number of carbonyl (C=O) groups is 3. The predicted molar refractivity (Wildman–Crippen MR) is 127 cm³/mol. The highest BCUT2D eigenvalue weighted by atomic mass is 32.1. The second-order valence-corrected chi connectivity index (χ2v) is 10.1. The van der Waals surface area contributed by atoms with E-state index in [4.69, 9.17) is 0 Å². The zero-order chi connectivity index (χ0) is 24.4. The number of hydrazine groups is 1. The molecule has 10 heteroatoms. The summed E-state index contributed by atoms with van der Waals surface area (Å²) in [4.78, 5) is 44.3. The molecule has 0 bridgehead atoms. The number of amides is 4. The highest BCUT2D eigenvalue weighted by Crippen LogP contribution is 2.29. The van der Waals surface area contributed by atoms with Crippen LogP contribution in [0.4, 0.5) is 9.18 Å². The van der Waals surface area contributed by atoms with Crippen molar-refractivity contribution in [3.8, 4) is 0 Å². The lowest BCUT2D eigenvalue weighted by Gasteiger charge is -2.55. The Labute approximate surface area is 202 Å². The van der Waals surface area contributed by atoms with E-state index in [1.54, 1.807) is 45.3 Å². The zero-order valence-electron chi connectivity index (χ0n) is 19.6. The van der Waals surface area contributed by atoms with Gasteiger partial charge in [0.05, 0.1) is 13.1 Å². The fraction of sp³-hybridized carbons (Fsp3) is 0.458. The van der Waals surface area contributed by atoms with E-state index in [9.17, 15) is 18.8 Å². The summed E-state index contributed by atoms with van der Waals surface area (Å²) in [7, 11) is 1.70. The van der Waals surface area contributed by atoms with E-state index in [0.717, 1.165) is 12.0 Å². The maximum absolute atomic E-state index is 13.4. The van der Waals surface area contributed by atoms with Gasteiger partial charge in [-0.25, -0.2) is 19.2 Å². The highest BCUT2D eigenvalue weighted by Gasteiger charge is 2.51. The molecule has 1 aromatic carbocycles. The van der Waals surface area contributed by atoms with Crippen LogP contribution in [0, 0.1) is 11.7 Å². The van der Waals surface area contributed by atoms with Gasteiger partial charge in [0.1, 0.15) is 18.0 Å². The topological polar surface area (TPSA) is 76.2 Å². The summed E-state index contributed by atoms with van der Waals surface area (Å²) in [5, 5.41) is 8.02. The largest absolute Gasteiger partial charge is 0.337 e. The molecule has 2 aliphatic rings. The first kappa shape index (κ1) is 24.2. The summed E-state index contributed by atoms with van der Waals surface area (Å²) in [6.07, 6.45) is 0.120. The van der Waals surface area contributed by atoms with Crippen LogP contribution >= 0.6 is 11.3 Å². The van der Waals surface area contributed by atoms with E-state index >= 15 is 0 Å². The molecule has 0 saturated carbocycles. The summed E-state index contributed by atoms with van der Waals surface area (Å²) in [6, 6.07) is 8.95. The molecule has 4 rings (SSSR count). The molecule has 3 heterocycles. The lowest BCUT2D eigenvalue weighted by Crippen LogP contribution is -2.76. The van der Waals surface area contributed by atoms with Crippen molar-refractivity contribution in [2.24, 2.45) is 5.92 Å². The van der Waals surface area contributed by atoms with Crippen LogP contribution in [0.5, 0.6) is 0 Å². The van der Waals surface area contributed by atoms with Gasteiger partial charge < -0.3 is 15.1 Å². The molecule has 2 aromatic rings. The Hall–Kier alpha value is -2.98. The molecular weight excluding hydrogens is 457 g/mol. The van der Waals surface area contributed by atoms with Crippen molar-refractivity contribution in [2.45, 2.75) is 39.0 Å². The quantitative estimate of drug-likeness (QED) is 0.680. The molecule has 2 fully saturated rings. The average Bonchev–Trinajstić information content (AvgIpc) is 3.31. The van der Waals surface area contributed by atoms with Crippen LogP contribution in [0.1, 0.15) is 24.3 Å². The van der Waals surface area contributed by atoms with Crippen molar-refractivity contribution in [3.63, 3.8) is 0 Å². The number of halogens is 1. The van der Waals surface area contributed by atoms with Gasteiger partial charge in [-0.1, -0.05) is 32.0 Å². The van der Waals surface area contributed by atoms with E-state index in [-0.39, 0.29) is 49.2 Å². The van der Waals surface area contributed by atoms with E-state index < -0.39 is 12.2 Å². The van der Waals surface area contributed by atoms with Gasteiger partial charge in [-0.3, -0.25) is 9.59 Å². The Bertz CT molecular complexity index is 1030. The Morgan fingerprint density at radius 2 is 1.94 bits per heavy atom. The monoisotopic (exact) mass is 487 g/mol. The number of thiophene rings is 1. The molecule has 1 aromatic heterocycles. The lowest BCUT2D eigenvalue weighted by atomic mass is 9.96. The van der Waals surface area contributed by atoms with Crippen molar-refractivity contribution in [1.29, 1.82) is 0 Å².